The third-order valence-electron chi connectivity index (χ3n) is 7.56. The van der Waals surface area contributed by atoms with Crippen molar-refractivity contribution in [3.63, 3.8) is 0 Å². The number of methoxy groups -OCH3 is 1. The maximum absolute atomic E-state index is 5.98. The third-order valence-corrected chi connectivity index (χ3v) is 7.56. The van der Waals surface area contributed by atoms with Crippen LogP contribution in [0.25, 0.3) is 21.5 Å². The van der Waals surface area contributed by atoms with Gasteiger partial charge in [-0.05, 0) is 59.0 Å². The monoisotopic (exact) mass is 518 g/mol. The Morgan fingerprint density at radius 1 is 0.769 bits per heavy atom. The fourth-order valence-corrected chi connectivity index (χ4v) is 5.39. The smallest absolute Gasteiger partial charge is 0.156 e. The minimum absolute atomic E-state index is 0.349. The lowest BCUT2D eigenvalue weighted by molar-refractivity contribution is 0.105. The van der Waals surface area contributed by atoms with E-state index in [1.807, 2.05) is 30.3 Å². The first-order valence-electron chi connectivity index (χ1n) is 13.7. The summed E-state index contributed by atoms with van der Waals surface area (Å²) < 4.78 is 11.5. The molecule has 6 heteroatoms. The predicted molar refractivity (Wildman–Crippen MR) is 157 cm³/mol. The first-order chi connectivity index (χ1) is 19.2. The number of nitrogens with zero attached hydrogens (tertiary/aromatic N) is 3. The van der Waals surface area contributed by atoms with Gasteiger partial charge in [-0.2, -0.15) is 5.10 Å². The van der Waals surface area contributed by atoms with E-state index in [9.17, 15) is 0 Å². The average Bonchev–Trinajstić information content (AvgIpc) is 2.99. The Kier molecular flexibility index (Phi) is 7.66. The topological polar surface area (TPSA) is 59.5 Å². The van der Waals surface area contributed by atoms with Gasteiger partial charge in [0, 0.05) is 36.4 Å². The summed E-state index contributed by atoms with van der Waals surface area (Å²) >= 11 is 0. The van der Waals surface area contributed by atoms with Crippen molar-refractivity contribution in [1.29, 1.82) is 0 Å². The van der Waals surface area contributed by atoms with Crippen molar-refractivity contribution in [3.8, 4) is 5.75 Å². The van der Waals surface area contributed by atoms with Crippen molar-refractivity contribution < 1.29 is 9.47 Å². The van der Waals surface area contributed by atoms with Crippen LogP contribution >= 0.6 is 0 Å². The summed E-state index contributed by atoms with van der Waals surface area (Å²) in [6, 6.07) is 32.0. The van der Waals surface area contributed by atoms with Crippen LogP contribution in [0.3, 0.4) is 0 Å². The minimum atomic E-state index is 0.349. The molecule has 39 heavy (non-hydrogen) atoms. The number of nitrogens with one attached hydrogen (secondary N) is 1. The van der Waals surface area contributed by atoms with Gasteiger partial charge in [0.25, 0.3) is 0 Å². The van der Waals surface area contributed by atoms with Crippen LogP contribution in [0.5, 0.6) is 5.75 Å². The lowest BCUT2D eigenvalue weighted by Crippen LogP contribution is -2.38. The van der Waals surface area contributed by atoms with Gasteiger partial charge in [-0.25, -0.2) is 0 Å². The molecule has 5 aromatic rings. The minimum Gasteiger partial charge on any atom is -0.497 e. The number of aromatic nitrogens is 2. The lowest BCUT2D eigenvalue weighted by atomic mass is 10.0. The number of anilines is 1. The standard InChI is InChI=1S/C33H34N4O2/c1-38-29-13-14-30-31(20-29)33(36-35-32(30)23-39-22-24-7-3-2-4-8-24)34-28-15-17-37(18-16-28)21-25-11-12-26-9-5-6-10-27(26)19-25/h2-14,19-20,28H,15-18,21-23H2,1H3,(H,34,36). The summed E-state index contributed by atoms with van der Waals surface area (Å²) in [5, 5.41) is 17.5. The summed E-state index contributed by atoms with van der Waals surface area (Å²) in [5.41, 5.74) is 3.34. The molecule has 4 aromatic carbocycles. The fourth-order valence-electron chi connectivity index (χ4n) is 5.39. The Morgan fingerprint density at radius 2 is 1.56 bits per heavy atom. The molecule has 0 atom stereocenters. The molecule has 1 N–H and O–H groups in total. The molecular weight excluding hydrogens is 484 g/mol. The second-order valence-electron chi connectivity index (χ2n) is 10.3. The maximum atomic E-state index is 5.98. The fraction of sp³-hybridized carbons (Fsp3) is 0.273. The van der Waals surface area contributed by atoms with E-state index in [-0.39, 0.29) is 0 Å². The van der Waals surface area contributed by atoms with Crippen LogP contribution < -0.4 is 10.1 Å². The van der Waals surface area contributed by atoms with Crippen molar-refractivity contribution in [2.75, 3.05) is 25.5 Å². The Morgan fingerprint density at radius 3 is 2.38 bits per heavy atom. The number of hydrogen-bond donors (Lipinski definition) is 1. The van der Waals surface area contributed by atoms with Crippen LogP contribution in [-0.2, 0) is 24.5 Å². The summed E-state index contributed by atoms with van der Waals surface area (Å²) in [7, 11) is 1.69. The predicted octanol–water partition coefficient (Wildman–Crippen LogP) is 6.58. The van der Waals surface area contributed by atoms with Crippen LogP contribution in [0.4, 0.5) is 5.82 Å². The van der Waals surface area contributed by atoms with Gasteiger partial charge in [-0.1, -0.05) is 66.7 Å². The van der Waals surface area contributed by atoms with Gasteiger partial charge in [0.05, 0.1) is 26.0 Å². The van der Waals surface area contributed by atoms with E-state index >= 15 is 0 Å². The van der Waals surface area contributed by atoms with Gasteiger partial charge < -0.3 is 14.8 Å². The Labute approximate surface area is 229 Å². The number of piperidine rings is 1. The number of hydrogen-bond acceptors (Lipinski definition) is 6. The molecule has 0 amide bonds. The zero-order valence-electron chi connectivity index (χ0n) is 22.3. The third kappa shape index (κ3) is 6.03. The largest absolute Gasteiger partial charge is 0.497 e. The quantitative estimate of drug-likeness (QED) is 0.238. The van der Waals surface area contributed by atoms with E-state index in [0.29, 0.717) is 19.3 Å². The van der Waals surface area contributed by atoms with Gasteiger partial charge in [-0.3, -0.25) is 4.90 Å². The molecule has 6 rings (SSSR count). The van der Waals surface area contributed by atoms with E-state index in [4.69, 9.17) is 9.47 Å². The van der Waals surface area contributed by atoms with Crippen LogP contribution in [0.1, 0.15) is 29.7 Å². The molecule has 0 unspecified atom stereocenters. The molecule has 0 aliphatic carbocycles. The van der Waals surface area contributed by atoms with Crippen molar-refractivity contribution in [2.45, 2.75) is 38.6 Å². The first-order valence-corrected chi connectivity index (χ1v) is 13.7. The molecule has 0 spiro atoms. The molecule has 0 bridgehead atoms. The van der Waals surface area contributed by atoms with Crippen LogP contribution in [-0.4, -0.2) is 41.3 Å². The van der Waals surface area contributed by atoms with E-state index in [1.54, 1.807) is 7.11 Å². The Hall–Kier alpha value is -4.00. The SMILES string of the molecule is COc1ccc2c(COCc3ccccc3)nnc(NC3CCN(Cc4ccc5ccccc5c4)CC3)c2c1. The highest BCUT2D eigenvalue weighted by atomic mass is 16.5. The molecule has 1 fully saturated rings. The highest BCUT2D eigenvalue weighted by molar-refractivity contribution is 5.94. The van der Waals surface area contributed by atoms with Gasteiger partial charge in [0.15, 0.2) is 5.82 Å². The Bertz CT molecular complexity index is 1550. The number of ether oxygens (including phenoxy) is 2. The van der Waals surface area contributed by atoms with Gasteiger partial charge in [0.2, 0.25) is 0 Å². The normalized spacial score (nSPS) is 14.6. The number of likely N-dealkylation sites (tertiary alicyclic amines) is 1. The molecule has 1 aromatic heterocycles. The second kappa shape index (κ2) is 11.8. The molecular formula is C33H34N4O2. The van der Waals surface area contributed by atoms with Crippen LogP contribution in [0, 0.1) is 0 Å². The second-order valence-corrected chi connectivity index (χ2v) is 10.3. The highest BCUT2D eigenvalue weighted by Gasteiger charge is 2.21. The molecule has 198 valence electrons. The van der Waals surface area contributed by atoms with Gasteiger partial charge in [0.1, 0.15) is 5.75 Å². The van der Waals surface area contributed by atoms with E-state index in [0.717, 1.165) is 66.1 Å². The van der Waals surface area contributed by atoms with Crippen LogP contribution in [0.15, 0.2) is 91.0 Å². The molecule has 2 heterocycles. The van der Waals surface area contributed by atoms with Gasteiger partial charge in [-0.15, -0.1) is 5.10 Å². The molecule has 0 radical (unpaired) electrons. The van der Waals surface area contributed by atoms with E-state index in [2.05, 4.69) is 81.1 Å². The highest BCUT2D eigenvalue weighted by Crippen LogP contribution is 2.29. The van der Waals surface area contributed by atoms with Crippen molar-refractivity contribution >= 4 is 27.4 Å². The summed E-state index contributed by atoms with van der Waals surface area (Å²) in [6.07, 6.45) is 2.12. The van der Waals surface area contributed by atoms with Crippen molar-refractivity contribution in [1.82, 2.24) is 15.1 Å². The zero-order valence-corrected chi connectivity index (χ0v) is 22.3. The Balaban J connectivity index is 1.11. The lowest BCUT2D eigenvalue weighted by Gasteiger charge is -2.32. The summed E-state index contributed by atoms with van der Waals surface area (Å²) in [4.78, 5) is 2.54. The van der Waals surface area contributed by atoms with Crippen LogP contribution in [0.2, 0.25) is 0 Å². The van der Waals surface area contributed by atoms with Gasteiger partial charge >= 0.3 is 0 Å². The van der Waals surface area contributed by atoms with E-state index in [1.165, 1.54) is 16.3 Å². The summed E-state index contributed by atoms with van der Waals surface area (Å²) in [6.45, 7) is 4.01. The first kappa shape index (κ1) is 25.3. The molecule has 1 aliphatic heterocycles. The average molecular weight is 519 g/mol. The molecule has 6 nitrogen and oxygen atoms in total. The van der Waals surface area contributed by atoms with Crippen molar-refractivity contribution in [3.05, 3.63) is 108 Å². The van der Waals surface area contributed by atoms with E-state index < -0.39 is 0 Å². The number of rotatable bonds is 9. The number of benzene rings is 4. The molecule has 0 saturated carbocycles. The van der Waals surface area contributed by atoms with Crippen molar-refractivity contribution in [2.24, 2.45) is 0 Å². The molecule has 1 aliphatic rings. The summed E-state index contributed by atoms with van der Waals surface area (Å²) in [5.74, 6) is 1.61. The number of fused-ring (bicyclic) bond motifs is 2. The zero-order chi connectivity index (χ0) is 26.4. The maximum Gasteiger partial charge on any atom is 0.156 e. The molecule has 1 saturated heterocycles.